The molecule has 5 nitrogen and oxygen atoms in total. The lowest BCUT2D eigenvalue weighted by molar-refractivity contribution is -0.137. The number of carboxylic acids is 1. The molecule has 102 valence electrons. The number of carboxylic acid groups (broad SMARTS) is 1. The van der Waals surface area contributed by atoms with Crippen LogP contribution in [0.2, 0.25) is 5.02 Å². The number of aromatic nitrogens is 3. The molecule has 2 aromatic rings. The molecule has 0 aliphatic carbocycles. The second-order valence-corrected chi connectivity index (χ2v) is 4.86. The van der Waals surface area contributed by atoms with E-state index in [9.17, 15) is 4.79 Å². The summed E-state index contributed by atoms with van der Waals surface area (Å²) in [7, 11) is 0. The van der Waals surface area contributed by atoms with Crippen molar-refractivity contribution in [3.8, 4) is 0 Å². The second-order valence-electron chi connectivity index (χ2n) is 4.42. The number of imidazole rings is 1. The van der Waals surface area contributed by atoms with Crippen LogP contribution < -0.4 is 0 Å². The van der Waals surface area contributed by atoms with E-state index in [1.54, 1.807) is 12.3 Å². The lowest BCUT2D eigenvalue weighted by atomic mass is 10.2. The van der Waals surface area contributed by atoms with Crippen LogP contribution in [0.15, 0.2) is 12.3 Å². The van der Waals surface area contributed by atoms with Gasteiger partial charge in [-0.05, 0) is 12.5 Å². The monoisotopic (exact) mass is 281 g/mol. The van der Waals surface area contributed by atoms with Crippen molar-refractivity contribution in [1.29, 1.82) is 0 Å². The molecule has 19 heavy (non-hydrogen) atoms. The number of carbonyl (C=O) groups is 1. The third-order valence-corrected chi connectivity index (χ3v) is 3.14. The normalized spacial score (nSPS) is 11.1. The van der Waals surface area contributed by atoms with Crippen LogP contribution in [-0.2, 0) is 17.8 Å². The average molecular weight is 282 g/mol. The molecular weight excluding hydrogens is 266 g/mol. The summed E-state index contributed by atoms with van der Waals surface area (Å²) in [6.07, 6.45) is 4.53. The number of aliphatic carboxylic acids is 1. The van der Waals surface area contributed by atoms with Crippen LogP contribution in [0.1, 0.15) is 32.0 Å². The largest absolute Gasteiger partial charge is 0.481 e. The van der Waals surface area contributed by atoms with E-state index in [0.29, 0.717) is 17.2 Å². The highest BCUT2D eigenvalue weighted by molar-refractivity contribution is 6.31. The highest BCUT2D eigenvalue weighted by atomic mass is 35.5. The molecule has 6 heteroatoms. The Morgan fingerprint density at radius 2 is 2.32 bits per heavy atom. The third kappa shape index (κ3) is 3.23. The number of unbranched alkanes of at least 4 members (excludes halogenated alkanes) is 1. The zero-order chi connectivity index (χ0) is 13.8. The average Bonchev–Trinajstić information content (AvgIpc) is 2.70. The molecule has 0 aromatic carbocycles. The third-order valence-electron chi connectivity index (χ3n) is 2.93. The molecule has 0 atom stereocenters. The molecule has 1 N–H and O–H groups in total. The molecule has 0 amide bonds. The van der Waals surface area contributed by atoms with Gasteiger partial charge in [0.25, 0.3) is 0 Å². The van der Waals surface area contributed by atoms with Crippen LogP contribution in [0.25, 0.3) is 11.2 Å². The van der Waals surface area contributed by atoms with Gasteiger partial charge in [-0.1, -0.05) is 24.9 Å². The Balaban J connectivity index is 2.39. The van der Waals surface area contributed by atoms with Crippen molar-refractivity contribution in [2.45, 2.75) is 39.2 Å². The summed E-state index contributed by atoms with van der Waals surface area (Å²) in [6.45, 7) is 2.50. The summed E-state index contributed by atoms with van der Waals surface area (Å²) >= 11 is 5.91. The van der Waals surface area contributed by atoms with E-state index in [1.165, 1.54) is 0 Å². The standard InChI is InChI=1S/C13H16ClN3O2/c1-2-3-4-11-16-10-7-9(14)8-15-13(10)17(11)6-5-12(18)19/h7-8H,2-6H2,1H3,(H,18,19). The number of hydrogen-bond acceptors (Lipinski definition) is 3. The maximum atomic E-state index is 10.7. The molecule has 0 bridgehead atoms. The van der Waals surface area contributed by atoms with Crippen molar-refractivity contribution < 1.29 is 9.90 Å². The second kappa shape index (κ2) is 6.02. The molecule has 0 saturated carbocycles. The molecule has 2 rings (SSSR count). The van der Waals surface area contributed by atoms with E-state index in [1.807, 2.05) is 4.57 Å². The van der Waals surface area contributed by atoms with Gasteiger partial charge in [-0.3, -0.25) is 4.79 Å². The van der Waals surface area contributed by atoms with E-state index in [-0.39, 0.29) is 6.42 Å². The van der Waals surface area contributed by atoms with Crippen LogP contribution in [0.3, 0.4) is 0 Å². The fourth-order valence-corrected chi connectivity index (χ4v) is 2.15. The lowest BCUT2D eigenvalue weighted by Crippen LogP contribution is -2.08. The maximum absolute atomic E-state index is 10.7. The van der Waals surface area contributed by atoms with Crippen molar-refractivity contribution in [1.82, 2.24) is 14.5 Å². The Morgan fingerprint density at radius 1 is 1.53 bits per heavy atom. The number of pyridine rings is 1. The predicted molar refractivity (Wildman–Crippen MR) is 73.4 cm³/mol. The Kier molecular flexibility index (Phi) is 4.37. The van der Waals surface area contributed by atoms with E-state index in [4.69, 9.17) is 16.7 Å². The maximum Gasteiger partial charge on any atom is 0.305 e. The van der Waals surface area contributed by atoms with Gasteiger partial charge in [0.05, 0.1) is 11.4 Å². The summed E-state index contributed by atoms with van der Waals surface area (Å²) < 4.78 is 1.88. The first-order valence-electron chi connectivity index (χ1n) is 6.34. The molecule has 0 spiro atoms. The van der Waals surface area contributed by atoms with Gasteiger partial charge in [0, 0.05) is 19.2 Å². The number of fused-ring (bicyclic) bond motifs is 1. The van der Waals surface area contributed by atoms with Crippen LogP contribution in [0.5, 0.6) is 0 Å². The van der Waals surface area contributed by atoms with Crippen molar-refractivity contribution in [3.63, 3.8) is 0 Å². The van der Waals surface area contributed by atoms with Gasteiger partial charge in [0.15, 0.2) is 5.65 Å². The van der Waals surface area contributed by atoms with E-state index < -0.39 is 5.97 Å². The quantitative estimate of drug-likeness (QED) is 0.884. The number of rotatable bonds is 6. The molecule has 0 aliphatic rings. The molecule has 0 aliphatic heterocycles. The van der Waals surface area contributed by atoms with Crippen LogP contribution in [-0.4, -0.2) is 25.6 Å². The molecule has 0 saturated heterocycles. The lowest BCUT2D eigenvalue weighted by Gasteiger charge is -2.06. The predicted octanol–water partition coefficient (Wildman–Crippen LogP) is 2.90. The van der Waals surface area contributed by atoms with Crippen LogP contribution in [0.4, 0.5) is 0 Å². The van der Waals surface area contributed by atoms with Gasteiger partial charge in [0.2, 0.25) is 0 Å². The fraction of sp³-hybridized carbons (Fsp3) is 0.462. The number of aryl methyl sites for hydroxylation is 2. The first kappa shape index (κ1) is 13.8. The van der Waals surface area contributed by atoms with Gasteiger partial charge in [0.1, 0.15) is 11.3 Å². The highest BCUT2D eigenvalue weighted by Crippen LogP contribution is 2.19. The fourth-order valence-electron chi connectivity index (χ4n) is 2.00. The van der Waals surface area contributed by atoms with Gasteiger partial charge in [-0.15, -0.1) is 0 Å². The van der Waals surface area contributed by atoms with Crippen molar-refractivity contribution >= 4 is 28.7 Å². The summed E-state index contributed by atoms with van der Waals surface area (Å²) in [5, 5.41) is 9.36. The molecule has 2 heterocycles. The van der Waals surface area contributed by atoms with E-state index >= 15 is 0 Å². The molecule has 2 aromatic heterocycles. The summed E-state index contributed by atoms with van der Waals surface area (Å²) in [4.78, 5) is 19.5. The molecule has 0 fully saturated rings. The Bertz CT molecular complexity index is 595. The molecule has 0 radical (unpaired) electrons. The number of hydrogen-bond donors (Lipinski definition) is 1. The van der Waals surface area contributed by atoms with E-state index in [0.717, 1.165) is 30.6 Å². The van der Waals surface area contributed by atoms with Crippen LogP contribution in [0, 0.1) is 0 Å². The minimum absolute atomic E-state index is 0.0644. The van der Waals surface area contributed by atoms with Gasteiger partial charge in [-0.2, -0.15) is 0 Å². The zero-order valence-electron chi connectivity index (χ0n) is 10.8. The van der Waals surface area contributed by atoms with Gasteiger partial charge >= 0.3 is 5.97 Å². The summed E-state index contributed by atoms with van der Waals surface area (Å²) in [5.74, 6) is 0.0603. The van der Waals surface area contributed by atoms with Gasteiger partial charge < -0.3 is 9.67 Å². The van der Waals surface area contributed by atoms with Crippen molar-refractivity contribution in [2.24, 2.45) is 0 Å². The molecule has 0 unspecified atom stereocenters. The van der Waals surface area contributed by atoms with Crippen molar-refractivity contribution in [2.75, 3.05) is 0 Å². The molecular formula is C13H16ClN3O2. The minimum Gasteiger partial charge on any atom is -0.481 e. The van der Waals surface area contributed by atoms with Gasteiger partial charge in [-0.25, -0.2) is 9.97 Å². The SMILES string of the molecule is CCCCc1nc2cc(Cl)cnc2n1CCC(=O)O. The highest BCUT2D eigenvalue weighted by Gasteiger charge is 2.13. The topological polar surface area (TPSA) is 68.0 Å². The summed E-state index contributed by atoms with van der Waals surface area (Å²) in [5.41, 5.74) is 1.43. The number of nitrogens with zero attached hydrogens (tertiary/aromatic N) is 3. The van der Waals surface area contributed by atoms with Crippen molar-refractivity contribution in [3.05, 3.63) is 23.1 Å². The minimum atomic E-state index is -0.822. The van der Waals surface area contributed by atoms with E-state index in [2.05, 4.69) is 16.9 Å². The Morgan fingerprint density at radius 3 is 3.00 bits per heavy atom. The first-order chi connectivity index (χ1) is 9.11. The number of halogens is 1. The first-order valence-corrected chi connectivity index (χ1v) is 6.72. The zero-order valence-corrected chi connectivity index (χ0v) is 11.5. The van der Waals surface area contributed by atoms with Crippen LogP contribution >= 0.6 is 11.6 Å². The Hall–Kier alpha value is -1.62. The smallest absolute Gasteiger partial charge is 0.305 e. The Labute approximate surface area is 116 Å². The summed E-state index contributed by atoms with van der Waals surface area (Å²) in [6, 6.07) is 1.76.